The molecule has 0 bridgehead atoms. The van der Waals surface area contributed by atoms with Crippen molar-refractivity contribution in [1.82, 2.24) is 5.32 Å². The van der Waals surface area contributed by atoms with Crippen LogP contribution < -0.4 is 19.1 Å². The molecule has 0 spiro atoms. The number of rotatable bonds is 10. The van der Waals surface area contributed by atoms with E-state index in [-0.39, 0.29) is 19.7 Å². The third-order valence-corrected chi connectivity index (χ3v) is 6.18. The van der Waals surface area contributed by atoms with Crippen molar-refractivity contribution in [2.75, 3.05) is 30.3 Å². The number of anilines is 1. The fourth-order valence-corrected chi connectivity index (χ4v) is 3.94. The minimum atomic E-state index is -3.68. The van der Waals surface area contributed by atoms with Crippen LogP contribution in [0.4, 0.5) is 5.69 Å². The van der Waals surface area contributed by atoms with Crippen molar-refractivity contribution in [3.05, 3.63) is 83.4 Å². The SMILES string of the molecule is Cc1ccc(OCCNC(=O)CN(c2ccc(Oc3ccccc3)cc2)S(C)(=O)=O)cc1Cl. The molecule has 0 saturated heterocycles. The van der Waals surface area contributed by atoms with Gasteiger partial charge in [0.2, 0.25) is 15.9 Å². The highest BCUT2D eigenvalue weighted by atomic mass is 35.5. The molecule has 0 aromatic heterocycles. The first-order valence-corrected chi connectivity index (χ1v) is 12.4. The molecular formula is C24H25ClN2O5S. The molecule has 0 aliphatic carbocycles. The fraction of sp³-hybridized carbons (Fsp3) is 0.208. The number of benzene rings is 3. The van der Waals surface area contributed by atoms with E-state index in [9.17, 15) is 13.2 Å². The molecule has 0 heterocycles. The molecular weight excluding hydrogens is 464 g/mol. The molecule has 3 rings (SSSR count). The molecule has 0 aliphatic heterocycles. The lowest BCUT2D eigenvalue weighted by Gasteiger charge is -2.22. The summed E-state index contributed by atoms with van der Waals surface area (Å²) in [5.74, 6) is 1.36. The number of sulfonamides is 1. The van der Waals surface area contributed by atoms with Gasteiger partial charge >= 0.3 is 0 Å². The average molecular weight is 489 g/mol. The van der Waals surface area contributed by atoms with Crippen LogP contribution >= 0.6 is 11.6 Å². The zero-order valence-electron chi connectivity index (χ0n) is 18.3. The Morgan fingerprint density at radius 1 is 0.970 bits per heavy atom. The Kier molecular flexibility index (Phi) is 8.19. The van der Waals surface area contributed by atoms with Crippen LogP contribution in [0.2, 0.25) is 5.02 Å². The Morgan fingerprint density at radius 2 is 1.61 bits per heavy atom. The van der Waals surface area contributed by atoms with E-state index >= 15 is 0 Å². The third-order valence-electron chi connectivity index (χ3n) is 4.63. The lowest BCUT2D eigenvalue weighted by Crippen LogP contribution is -2.41. The number of amides is 1. The second-order valence-electron chi connectivity index (χ2n) is 7.29. The lowest BCUT2D eigenvalue weighted by atomic mass is 10.2. The van der Waals surface area contributed by atoms with Crippen LogP contribution in [0, 0.1) is 6.92 Å². The van der Waals surface area contributed by atoms with Gasteiger partial charge in [-0.2, -0.15) is 0 Å². The van der Waals surface area contributed by atoms with Crippen molar-refractivity contribution in [3.63, 3.8) is 0 Å². The number of carbonyl (C=O) groups is 1. The number of aryl methyl sites for hydroxylation is 1. The standard InChI is InChI=1S/C24H25ClN2O5S/c1-18-8-11-22(16-23(18)25)31-15-14-26-24(28)17-27(33(2,29)30)19-9-12-21(13-10-19)32-20-6-4-3-5-7-20/h3-13,16H,14-15,17H2,1-2H3,(H,26,28). The van der Waals surface area contributed by atoms with Crippen LogP contribution in [0.3, 0.4) is 0 Å². The second-order valence-corrected chi connectivity index (χ2v) is 9.60. The van der Waals surface area contributed by atoms with E-state index in [1.54, 1.807) is 36.4 Å². The van der Waals surface area contributed by atoms with Gasteiger partial charge in [0.15, 0.2) is 0 Å². The molecule has 0 radical (unpaired) electrons. The minimum absolute atomic E-state index is 0.214. The molecule has 0 fully saturated rings. The maximum Gasteiger partial charge on any atom is 0.240 e. The summed E-state index contributed by atoms with van der Waals surface area (Å²) in [4.78, 5) is 12.4. The lowest BCUT2D eigenvalue weighted by molar-refractivity contribution is -0.119. The van der Waals surface area contributed by atoms with Crippen LogP contribution in [0.25, 0.3) is 0 Å². The van der Waals surface area contributed by atoms with Gasteiger partial charge in [-0.3, -0.25) is 9.10 Å². The molecule has 33 heavy (non-hydrogen) atoms. The summed E-state index contributed by atoms with van der Waals surface area (Å²) < 4.78 is 36.9. The van der Waals surface area contributed by atoms with Gasteiger partial charge in [-0.1, -0.05) is 35.9 Å². The largest absolute Gasteiger partial charge is 0.492 e. The van der Waals surface area contributed by atoms with E-state index in [0.29, 0.717) is 28.0 Å². The van der Waals surface area contributed by atoms with Crippen molar-refractivity contribution >= 4 is 33.2 Å². The first-order valence-electron chi connectivity index (χ1n) is 10.2. The summed E-state index contributed by atoms with van der Waals surface area (Å²) in [6, 6.07) is 21.1. The molecule has 9 heteroatoms. The Hall–Kier alpha value is -3.23. The molecule has 1 N–H and O–H groups in total. The van der Waals surface area contributed by atoms with Gasteiger partial charge in [-0.25, -0.2) is 8.42 Å². The second kappa shape index (κ2) is 11.1. The Labute approximate surface area is 198 Å². The normalized spacial score (nSPS) is 11.0. The first kappa shape index (κ1) is 24.4. The predicted octanol–water partition coefficient (Wildman–Crippen LogP) is 4.40. The van der Waals surface area contributed by atoms with Crippen molar-refractivity contribution < 1.29 is 22.7 Å². The Morgan fingerprint density at radius 3 is 2.24 bits per heavy atom. The van der Waals surface area contributed by atoms with Gasteiger partial charge in [0.25, 0.3) is 0 Å². The van der Waals surface area contributed by atoms with E-state index in [4.69, 9.17) is 21.1 Å². The number of nitrogens with one attached hydrogen (secondary N) is 1. The molecule has 3 aromatic carbocycles. The smallest absolute Gasteiger partial charge is 0.240 e. The molecule has 0 saturated carbocycles. The van der Waals surface area contributed by atoms with E-state index < -0.39 is 15.9 Å². The first-order chi connectivity index (χ1) is 15.7. The third kappa shape index (κ3) is 7.40. The van der Waals surface area contributed by atoms with Crippen molar-refractivity contribution in [1.29, 1.82) is 0 Å². The van der Waals surface area contributed by atoms with Gasteiger partial charge in [0, 0.05) is 5.02 Å². The number of halogens is 1. The van der Waals surface area contributed by atoms with Crippen LogP contribution in [-0.4, -0.2) is 40.3 Å². The maximum atomic E-state index is 12.4. The Bertz CT molecular complexity index is 1190. The van der Waals surface area contributed by atoms with Crippen LogP contribution in [-0.2, 0) is 14.8 Å². The van der Waals surface area contributed by atoms with Crippen molar-refractivity contribution in [2.24, 2.45) is 0 Å². The highest BCUT2D eigenvalue weighted by molar-refractivity contribution is 7.92. The highest BCUT2D eigenvalue weighted by Gasteiger charge is 2.20. The average Bonchev–Trinajstić information content (AvgIpc) is 2.78. The van der Waals surface area contributed by atoms with Gasteiger partial charge in [-0.15, -0.1) is 0 Å². The zero-order valence-corrected chi connectivity index (χ0v) is 19.9. The van der Waals surface area contributed by atoms with Crippen LogP contribution in [0.5, 0.6) is 17.2 Å². The van der Waals surface area contributed by atoms with E-state index in [2.05, 4.69) is 5.32 Å². The number of nitrogens with zero attached hydrogens (tertiary/aromatic N) is 1. The fourth-order valence-electron chi connectivity index (χ4n) is 2.91. The summed E-state index contributed by atoms with van der Waals surface area (Å²) in [7, 11) is -3.68. The predicted molar refractivity (Wildman–Crippen MR) is 130 cm³/mol. The molecule has 0 atom stereocenters. The number of para-hydroxylation sites is 1. The van der Waals surface area contributed by atoms with E-state index in [1.165, 1.54) is 0 Å². The zero-order chi connectivity index (χ0) is 23.8. The quantitative estimate of drug-likeness (QED) is 0.427. The monoisotopic (exact) mass is 488 g/mol. The molecule has 3 aromatic rings. The summed E-state index contributed by atoms with van der Waals surface area (Å²) in [5, 5.41) is 3.27. The minimum Gasteiger partial charge on any atom is -0.492 e. The molecule has 0 unspecified atom stereocenters. The summed E-state index contributed by atoms with van der Waals surface area (Å²) in [5.41, 5.74) is 1.30. The summed E-state index contributed by atoms with van der Waals surface area (Å²) in [6.07, 6.45) is 1.05. The molecule has 174 valence electrons. The molecule has 1 amide bonds. The van der Waals surface area contributed by atoms with Crippen molar-refractivity contribution in [2.45, 2.75) is 6.92 Å². The van der Waals surface area contributed by atoms with Gasteiger partial charge in [0.05, 0.1) is 18.5 Å². The number of carbonyl (C=O) groups excluding carboxylic acids is 1. The number of hydrogen-bond donors (Lipinski definition) is 1. The topological polar surface area (TPSA) is 84.9 Å². The summed E-state index contributed by atoms with van der Waals surface area (Å²) >= 11 is 6.07. The van der Waals surface area contributed by atoms with E-state index in [0.717, 1.165) is 16.1 Å². The van der Waals surface area contributed by atoms with Gasteiger partial charge in [-0.05, 0) is 61.0 Å². The number of ether oxygens (including phenoxy) is 2. The molecule has 0 aliphatic rings. The number of hydrogen-bond acceptors (Lipinski definition) is 5. The van der Waals surface area contributed by atoms with Crippen LogP contribution in [0.1, 0.15) is 5.56 Å². The highest BCUT2D eigenvalue weighted by Crippen LogP contribution is 2.25. The summed E-state index contributed by atoms with van der Waals surface area (Å²) in [6.45, 7) is 1.97. The van der Waals surface area contributed by atoms with Crippen LogP contribution in [0.15, 0.2) is 72.8 Å². The molecule has 7 nitrogen and oxygen atoms in total. The van der Waals surface area contributed by atoms with Gasteiger partial charge in [0.1, 0.15) is 30.4 Å². The van der Waals surface area contributed by atoms with Gasteiger partial charge < -0.3 is 14.8 Å². The Balaban J connectivity index is 1.55. The van der Waals surface area contributed by atoms with Crippen molar-refractivity contribution in [3.8, 4) is 17.2 Å². The van der Waals surface area contributed by atoms with E-state index in [1.807, 2.05) is 43.3 Å². The maximum absolute atomic E-state index is 12.4.